The predicted octanol–water partition coefficient (Wildman–Crippen LogP) is 0.564. The van der Waals surface area contributed by atoms with Gasteiger partial charge in [0.1, 0.15) is 0 Å². The summed E-state index contributed by atoms with van der Waals surface area (Å²) in [6.45, 7) is 2.37. The maximum Gasteiger partial charge on any atom is 0.350 e. The van der Waals surface area contributed by atoms with E-state index in [1.807, 2.05) is 6.92 Å². The van der Waals surface area contributed by atoms with Gasteiger partial charge in [-0.1, -0.05) is 11.6 Å². The van der Waals surface area contributed by atoms with Crippen LogP contribution in [0.5, 0.6) is 0 Å². The van der Waals surface area contributed by atoms with Crippen LogP contribution in [0.15, 0.2) is 17.2 Å². The van der Waals surface area contributed by atoms with Crippen LogP contribution in [0, 0.1) is 0 Å². The molecule has 0 aliphatic heterocycles. The normalized spacial score (nSPS) is 10.9. The molecule has 0 atom stereocenters. The summed E-state index contributed by atoms with van der Waals surface area (Å²) < 4.78 is 2.71. The van der Waals surface area contributed by atoms with Crippen molar-refractivity contribution in [2.45, 2.75) is 13.5 Å². The van der Waals surface area contributed by atoms with Crippen LogP contribution in [0.2, 0.25) is 5.15 Å². The Morgan fingerprint density at radius 3 is 3.00 bits per heavy atom. The first-order valence-corrected chi connectivity index (χ1v) is 4.21. The summed E-state index contributed by atoms with van der Waals surface area (Å²) in [5.74, 6) is 0. The fourth-order valence-electron chi connectivity index (χ4n) is 1.12. The number of rotatable bonds is 1. The molecule has 2 heterocycles. The largest absolute Gasteiger partial charge is 0.350 e. The Balaban J connectivity index is 2.92. The average Bonchev–Trinajstić information content (AvgIpc) is 2.45. The summed E-state index contributed by atoms with van der Waals surface area (Å²) in [5.41, 5.74) is 0.206. The Bertz CT molecular complexity index is 501. The van der Waals surface area contributed by atoms with Crippen LogP contribution < -0.4 is 5.69 Å². The number of aromatic nitrogens is 4. The molecule has 0 saturated heterocycles. The van der Waals surface area contributed by atoms with E-state index in [1.54, 1.807) is 6.20 Å². The minimum atomic E-state index is -0.193. The first-order valence-electron chi connectivity index (χ1n) is 3.83. The zero-order valence-electron chi connectivity index (χ0n) is 6.94. The van der Waals surface area contributed by atoms with Gasteiger partial charge in [-0.25, -0.2) is 18.9 Å². The van der Waals surface area contributed by atoms with Crippen molar-refractivity contribution in [2.75, 3.05) is 0 Å². The highest BCUT2D eigenvalue weighted by atomic mass is 35.5. The monoisotopic (exact) mass is 198 g/mol. The molecule has 2 aromatic rings. The zero-order valence-corrected chi connectivity index (χ0v) is 7.69. The van der Waals surface area contributed by atoms with Gasteiger partial charge in [0.15, 0.2) is 10.8 Å². The summed E-state index contributed by atoms with van der Waals surface area (Å²) in [7, 11) is 0. The fraction of sp³-hybridized carbons (Fsp3) is 0.286. The molecule has 0 unspecified atom stereocenters. The van der Waals surface area contributed by atoms with Crippen molar-refractivity contribution in [1.82, 2.24) is 19.2 Å². The molecule has 68 valence electrons. The minimum absolute atomic E-state index is 0.193. The molecule has 0 saturated carbocycles. The molecule has 0 aromatic carbocycles. The predicted molar refractivity (Wildman–Crippen MR) is 47.9 cm³/mol. The van der Waals surface area contributed by atoms with E-state index in [1.165, 1.54) is 15.3 Å². The summed E-state index contributed by atoms with van der Waals surface area (Å²) in [4.78, 5) is 15.3. The molecule has 0 aliphatic rings. The third-order valence-electron chi connectivity index (χ3n) is 1.76. The van der Waals surface area contributed by atoms with Crippen molar-refractivity contribution in [3.05, 3.63) is 28.0 Å². The van der Waals surface area contributed by atoms with Gasteiger partial charge in [-0.15, -0.1) is 5.10 Å². The van der Waals surface area contributed by atoms with Crippen LogP contribution >= 0.6 is 11.6 Å². The minimum Gasteiger partial charge on any atom is -0.246 e. The first-order chi connectivity index (χ1) is 6.24. The van der Waals surface area contributed by atoms with Gasteiger partial charge in [0, 0.05) is 18.9 Å². The highest BCUT2D eigenvalue weighted by Gasteiger charge is 2.07. The van der Waals surface area contributed by atoms with Crippen LogP contribution in [-0.2, 0) is 6.54 Å². The number of nitrogens with zero attached hydrogens (tertiary/aromatic N) is 4. The Labute approximate surface area is 78.6 Å². The van der Waals surface area contributed by atoms with Gasteiger partial charge in [-0.05, 0) is 6.92 Å². The molecule has 0 amide bonds. The molecule has 0 bridgehead atoms. The second-order valence-corrected chi connectivity index (χ2v) is 2.87. The smallest absolute Gasteiger partial charge is 0.246 e. The second kappa shape index (κ2) is 2.85. The van der Waals surface area contributed by atoms with E-state index in [9.17, 15) is 4.79 Å². The van der Waals surface area contributed by atoms with E-state index in [-0.39, 0.29) is 10.8 Å². The number of fused-ring (bicyclic) bond motifs is 1. The molecule has 0 radical (unpaired) electrons. The molecule has 0 spiro atoms. The Hall–Kier alpha value is -1.36. The van der Waals surface area contributed by atoms with Crippen molar-refractivity contribution in [3.63, 3.8) is 0 Å². The standard InChI is InChI=1S/C7H7ClN4O/c1-2-12-7(13)11-4-3-9-5(8)6(11)10-12/h3-4H,2H2,1H3. The van der Waals surface area contributed by atoms with Crippen LogP contribution in [-0.4, -0.2) is 19.2 Å². The SMILES string of the molecule is CCn1nc2c(Cl)nccn2c1=O. The van der Waals surface area contributed by atoms with Gasteiger partial charge in [0.05, 0.1) is 0 Å². The lowest BCUT2D eigenvalue weighted by atomic mass is 10.7. The summed E-state index contributed by atoms with van der Waals surface area (Å²) >= 11 is 5.75. The third-order valence-corrected chi connectivity index (χ3v) is 2.02. The van der Waals surface area contributed by atoms with Crippen LogP contribution in [0.25, 0.3) is 5.65 Å². The van der Waals surface area contributed by atoms with E-state index < -0.39 is 0 Å². The van der Waals surface area contributed by atoms with Gasteiger partial charge in [0.2, 0.25) is 0 Å². The molecule has 2 aromatic heterocycles. The Morgan fingerprint density at radius 2 is 2.38 bits per heavy atom. The fourth-order valence-corrected chi connectivity index (χ4v) is 1.31. The van der Waals surface area contributed by atoms with E-state index >= 15 is 0 Å². The van der Waals surface area contributed by atoms with E-state index in [0.29, 0.717) is 12.2 Å². The topological polar surface area (TPSA) is 52.2 Å². The molecule has 6 heteroatoms. The van der Waals surface area contributed by atoms with Crippen molar-refractivity contribution in [1.29, 1.82) is 0 Å². The molecule has 5 nitrogen and oxygen atoms in total. The Morgan fingerprint density at radius 1 is 1.62 bits per heavy atom. The molecule has 0 aliphatic carbocycles. The second-order valence-electron chi connectivity index (χ2n) is 2.51. The van der Waals surface area contributed by atoms with Gasteiger partial charge in [-0.3, -0.25) is 0 Å². The van der Waals surface area contributed by atoms with Crippen molar-refractivity contribution in [3.8, 4) is 0 Å². The Kier molecular flexibility index (Phi) is 1.81. The van der Waals surface area contributed by atoms with E-state index in [0.717, 1.165) is 0 Å². The lowest BCUT2D eigenvalue weighted by Gasteiger charge is -1.88. The quantitative estimate of drug-likeness (QED) is 0.673. The highest BCUT2D eigenvalue weighted by Crippen LogP contribution is 2.08. The maximum atomic E-state index is 11.5. The van der Waals surface area contributed by atoms with Gasteiger partial charge >= 0.3 is 5.69 Å². The summed E-state index contributed by atoms with van der Waals surface area (Å²) in [5, 5.41) is 4.25. The summed E-state index contributed by atoms with van der Waals surface area (Å²) in [6.07, 6.45) is 3.02. The molecule has 0 fully saturated rings. The lowest BCUT2D eigenvalue weighted by molar-refractivity contribution is 0.633. The van der Waals surface area contributed by atoms with Crippen LogP contribution in [0.1, 0.15) is 6.92 Å². The lowest BCUT2D eigenvalue weighted by Crippen LogP contribution is -2.19. The number of aryl methyl sites for hydroxylation is 1. The molecular weight excluding hydrogens is 192 g/mol. The third kappa shape index (κ3) is 1.12. The van der Waals surface area contributed by atoms with Gasteiger partial charge in [-0.2, -0.15) is 0 Å². The number of hydrogen-bond acceptors (Lipinski definition) is 3. The first kappa shape index (κ1) is 8.25. The maximum absolute atomic E-state index is 11.5. The summed E-state index contributed by atoms with van der Waals surface area (Å²) in [6, 6.07) is 0. The highest BCUT2D eigenvalue weighted by molar-refractivity contribution is 6.32. The van der Waals surface area contributed by atoms with E-state index in [2.05, 4.69) is 10.1 Å². The molecule has 13 heavy (non-hydrogen) atoms. The molecular formula is C7H7ClN4O. The number of halogens is 1. The van der Waals surface area contributed by atoms with Crippen LogP contribution in [0.4, 0.5) is 0 Å². The zero-order chi connectivity index (χ0) is 9.42. The van der Waals surface area contributed by atoms with E-state index in [4.69, 9.17) is 11.6 Å². The molecule has 0 N–H and O–H groups in total. The van der Waals surface area contributed by atoms with Crippen molar-refractivity contribution >= 4 is 17.2 Å². The van der Waals surface area contributed by atoms with Gasteiger partial charge in [0.25, 0.3) is 0 Å². The van der Waals surface area contributed by atoms with Crippen molar-refractivity contribution in [2.24, 2.45) is 0 Å². The van der Waals surface area contributed by atoms with Crippen molar-refractivity contribution < 1.29 is 0 Å². The van der Waals surface area contributed by atoms with Gasteiger partial charge < -0.3 is 0 Å². The molecule has 2 rings (SSSR count). The van der Waals surface area contributed by atoms with Crippen LogP contribution in [0.3, 0.4) is 0 Å². The number of hydrogen-bond donors (Lipinski definition) is 0. The average molecular weight is 199 g/mol.